The number of likely N-dealkylation sites (tertiary alicyclic amines) is 1. The fourth-order valence-electron chi connectivity index (χ4n) is 2.37. The molecule has 2 rings (SSSR count). The highest BCUT2D eigenvalue weighted by Gasteiger charge is 2.24. The summed E-state index contributed by atoms with van der Waals surface area (Å²) in [4.78, 5) is 24.7. The van der Waals surface area contributed by atoms with Crippen LogP contribution in [0.15, 0.2) is 24.3 Å². The van der Waals surface area contributed by atoms with Gasteiger partial charge in [0, 0.05) is 6.54 Å². The van der Waals surface area contributed by atoms with Crippen LogP contribution in [0.1, 0.15) is 23.2 Å². The number of benzene rings is 1. The van der Waals surface area contributed by atoms with Crippen LogP contribution in [-0.4, -0.2) is 49.6 Å². The zero-order valence-electron chi connectivity index (χ0n) is 12.1. The molecule has 1 aliphatic heterocycles. The lowest BCUT2D eigenvalue weighted by atomic mass is 10.1. The molecular formula is C15H20N2O4. The van der Waals surface area contributed by atoms with Crippen LogP contribution in [0.25, 0.3) is 0 Å². The van der Waals surface area contributed by atoms with Crippen molar-refractivity contribution in [3.8, 4) is 5.75 Å². The summed E-state index contributed by atoms with van der Waals surface area (Å²) >= 11 is 0. The predicted octanol–water partition coefficient (Wildman–Crippen LogP) is 0.802. The first-order chi connectivity index (χ1) is 10.1. The van der Waals surface area contributed by atoms with E-state index in [0.29, 0.717) is 17.9 Å². The lowest BCUT2D eigenvalue weighted by Crippen LogP contribution is -2.46. The van der Waals surface area contributed by atoms with E-state index in [1.807, 2.05) is 0 Å². The zero-order chi connectivity index (χ0) is 15.2. The number of methoxy groups -OCH3 is 1. The minimum atomic E-state index is -0.376. The fourth-order valence-corrected chi connectivity index (χ4v) is 2.37. The summed E-state index contributed by atoms with van der Waals surface area (Å²) in [6, 6.07) is 6.78. The molecule has 1 aliphatic rings. The van der Waals surface area contributed by atoms with Crippen molar-refractivity contribution in [2.75, 3.05) is 26.7 Å². The van der Waals surface area contributed by atoms with Gasteiger partial charge in [-0.1, -0.05) is 0 Å². The Bertz CT molecular complexity index is 501. The molecular weight excluding hydrogens is 272 g/mol. The van der Waals surface area contributed by atoms with Crippen molar-refractivity contribution in [3.63, 3.8) is 0 Å². The molecule has 1 heterocycles. The Morgan fingerprint density at radius 2 is 2.05 bits per heavy atom. The van der Waals surface area contributed by atoms with E-state index in [9.17, 15) is 9.59 Å². The molecule has 1 aromatic rings. The largest absolute Gasteiger partial charge is 0.489 e. The summed E-state index contributed by atoms with van der Waals surface area (Å²) in [5, 5.41) is 0. The van der Waals surface area contributed by atoms with Crippen molar-refractivity contribution in [2.45, 2.75) is 18.9 Å². The number of amides is 1. The van der Waals surface area contributed by atoms with E-state index in [2.05, 4.69) is 4.74 Å². The maximum atomic E-state index is 11.6. The van der Waals surface area contributed by atoms with E-state index in [0.717, 1.165) is 19.4 Å². The van der Waals surface area contributed by atoms with Crippen molar-refractivity contribution >= 4 is 11.9 Å². The number of ether oxygens (including phenoxy) is 2. The van der Waals surface area contributed by atoms with E-state index in [-0.39, 0.29) is 24.5 Å². The van der Waals surface area contributed by atoms with E-state index < -0.39 is 0 Å². The minimum Gasteiger partial charge on any atom is -0.489 e. The number of rotatable bonds is 4. The lowest BCUT2D eigenvalue weighted by Gasteiger charge is -2.32. The highest BCUT2D eigenvalue weighted by Crippen LogP contribution is 2.19. The molecule has 0 aliphatic carbocycles. The zero-order valence-corrected chi connectivity index (χ0v) is 12.1. The number of nitrogens with two attached hydrogens (primary N) is 1. The Morgan fingerprint density at radius 1 is 1.33 bits per heavy atom. The topological polar surface area (TPSA) is 81.9 Å². The molecule has 1 saturated heterocycles. The molecule has 114 valence electrons. The highest BCUT2D eigenvalue weighted by atomic mass is 16.5. The van der Waals surface area contributed by atoms with Gasteiger partial charge in [-0.05, 0) is 37.1 Å². The van der Waals surface area contributed by atoms with Crippen LogP contribution in [0.4, 0.5) is 0 Å². The van der Waals surface area contributed by atoms with Crippen molar-refractivity contribution in [1.82, 2.24) is 4.90 Å². The Kier molecular flexibility index (Phi) is 5.16. The summed E-state index contributed by atoms with van der Waals surface area (Å²) in [6.07, 6.45) is 1.75. The van der Waals surface area contributed by atoms with Crippen LogP contribution in [0, 0.1) is 0 Å². The maximum absolute atomic E-state index is 11.6. The van der Waals surface area contributed by atoms with Gasteiger partial charge in [0.1, 0.15) is 11.9 Å². The molecule has 1 aromatic carbocycles. The first-order valence-corrected chi connectivity index (χ1v) is 6.97. The molecule has 0 spiro atoms. The summed E-state index contributed by atoms with van der Waals surface area (Å²) in [5.41, 5.74) is 5.86. The Balaban J connectivity index is 1.95. The second-order valence-corrected chi connectivity index (χ2v) is 4.94. The summed E-state index contributed by atoms with van der Waals surface area (Å²) in [6.45, 7) is 1.31. The molecule has 2 N–H and O–H groups in total. The van der Waals surface area contributed by atoms with Gasteiger partial charge in [-0.15, -0.1) is 0 Å². The Morgan fingerprint density at radius 3 is 2.67 bits per heavy atom. The van der Waals surface area contributed by atoms with Crippen LogP contribution in [0.2, 0.25) is 0 Å². The Hall–Kier alpha value is -2.08. The molecule has 0 aromatic heterocycles. The predicted molar refractivity (Wildman–Crippen MR) is 77.1 cm³/mol. The molecule has 0 radical (unpaired) electrons. The van der Waals surface area contributed by atoms with Crippen molar-refractivity contribution in [3.05, 3.63) is 29.8 Å². The van der Waals surface area contributed by atoms with Gasteiger partial charge in [-0.2, -0.15) is 0 Å². The minimum absolute atomic E-state index is 0.0283. The van der Waals surface area contributed by atoms with Crippen LogP contribution >= 0.6 is 0 Å². The van der Waals surface area contributed by atoms with Gasteiger partial charge >= 0.3 is 5.97 Å². The maximum Gasteiger partial charge on any atom is 0.337 e. The Labute approximate surface area is 123 Å². The van der Waals surface area contributed by atoms with Gasteiger partial charge in [0.05, 0.1) is 25.8 Å². The smallest absolute Gasteiger partial charge is 0.337 e. The van der Waals surface area contributed by atoms with Gasteiger partial charge < -0.3 is 20.1 Å². The lowest BCUT2D eigenvalue weighted by molar-refractivity contribution is -0.132. The number of hydrogen-bond acceptors (Lipinski definition) is 5. The third-order valence-corrected chi connectivity index (χ3v) is 3.48. The van der Waals surface area contributed by atoms with Gasteiger partial charge in [0.25, 0.3) is 0 Å². The molecule has 6 nitrogen and oxygen atoms in total. The van der Waals surface area contributed by atoms with Crippen LogP contribution < -0.4 is 10.5 Å². The van der Waals surface area contributed by atoms with Gasteiger partial charge in [-0.25, -0.2) is 4.79 Å². The SMILES string of the molecule is COC(=O)c1ccc(OC2CCCN(C(=O)CN)C2)cc1. The average Bonchev–Trinajstić information content (AvgIpc) is 2.54. The number of piperidine rings is 1. The standard InChI is InChI=1S/C15H20N2O4/c1-20-15(19)11-4-6-12(7-5-11)21-13-3-2-8-17(10-13)14(18)9-16/h4-7,13H,2-3,8-10,16H2,1H3. The number of nitrogens with zero attached hydrogens (tertiary/aromatic N) is 1. The van der Waals surface area contributed by atoms with E-state index >= 15 is 0 Å². The monoisotopic (exact) mass is 292 g/mol. The third-order valence-electron chi connectivity index (χ3n) is 3.48. The first kappa shape index (κ1) is 15.3. The average molecular weight is 292 g/mol. The van der Waals surface area contributed by atoms with Crippen molar-refractivity contribution < 1.29 is 19.1 Å². The first-order valence-electron chi connectivity index (χ1n) is 6.97. The molecule has 1 unspecified atom stereocenters. The number of esters is 1. The van der Waals surface area contributed by atoms with E-state index in [4.69, 9.17) is 10.5 Å². The summed E-state index contributed by atoms with van der Waals surface area (Å²) in [5.74, 6) is 0.248. The number of carbonyl (C=O) groups is 2. The van der Waals surface area contributed by atoms with Crippen molar-refractivity contribution in [2.24, 2.45) is 5.73 Å². The molecule has 6 heteroatoms. The van der Waals surface area contributed by atoms with Crippen LogP contribution in [0.3, 0.4) is 0 Å². The molecule has 1 atom stereocenters. The molecule has 1 amide bonds. The highest BCUT2D eigenvalue weighted by molar-refractivity contribution is 5.89. The van der Waals surface area contributed by atoms with Gasteiger partial charge in [0.15, 0.2) is 0 Å². The molecule has 0 bridgehead atoms. The normalized spacial score (nSPS) is 18.2. The number of carbonyl (C=O) groups excluding carboxylic acids is 2. The quantitative estimate of drug-likeness (QED) is 0.830. The van der Waals surface area contributed by atoms with E-state index in [1.165, 1.54) is 7.11 Å². The van der Waals surface area contributed by atoms with Gasteiger partial charge in [0.2, 0.25) is 5.91 Å². The molecule has 1 fully saturated rings. The third kappa shape index (κ3) is 3.95. The van der Waals surface area contributed by atoms with E-state index in [1.54, 1.807) is 29.2 Å². The second-order valence-electron chi connectivity index (χ2n) is 4.94. The van der Waals surface area contributed by atoms with Crippen molar-refractivity contribution in [1.29, 1.82) is 0 Å². The molecule has 21 heavy (non-hydrogen) atoms. The van der Waals surface area contributed by atoms with Gasteiger partial charge in [-0.3, -0.25) is 4.79 Å². The fraction of sp³-hybridized carbons (Fsp3) is 0.467. The van der Waals surface area contributed by atoms with Crippen LogP contribution in [0.5, 0.6) is 5.75 Å². The molecule has 0 saturated carbocycles. The second kappa shape index (κ2) is 7.08. The van der Waals surface area contributed by atoms with Crippen LogP contribution in [-0.2, 0) is 9.53 Å². The number of hydrogen-bond donors (Lipinski definition) is 1. The summed E-state index contributed by atoms with van der Waals surface area (Å²) < 4.78 is 10.5. The summed E-state index contributed by atoms with van der Waals surface area (Å²) in [7, 11) is 1.35.